The normalized spacial score (nSPS) is 14.5. The van der Waals surface area contributed by atoms with Crippen LogP contribution in [-0.4, -0.2) is 74.9 Å². The minimum absolute atomic E-state index is 0.00843. The van der Waals surface area contributed by atoms with Crippen molar-refractivity contribution in [2.45, 2.75) is 251 Å². The van der Waals surface area contributed by atoms with Gasteiger partial charge in [-0.15, -0.1) is 0 Å². The van der Waals surface area contributed by atoms with Gasteiger partial charge in [0.1, 0.15) is 19.8 Å². The Balaban J connectivity index is 4.22. The third-order valence-electron chi connectivity index (χ3n) is 15.3. The zero-order valence-electron chi connectivity index (χ0n) is 64.5. The maximum Gasteiger partial charge on any atom is 0.472 e. The fourth-order valence-electron chi connectivity index (χ4n) is 9.38. The maximum absolute atomic E-state index is 12.9. The third kappa shape index (κ3) is 82.2. The topological polar surface area (TPSA) is 108 Å². The standard InChI is InChI=1S/C92H140NO8P/c1-6-8-10-12-14-16-18-20-22-24-26-28-30-32-34-36-38-40-42-44-45-46-47-49-51-53-55-57-59-61-63-65-67-69-71-73-75-77-79-81-83-85-92(95)101-90(89-100-102(96,97)99-87-86-93(3,4)5)88-98-91(94)84-82-80-78-76-74-72-70-68-66-64-62-60-58-56-54-52-50-48-43-41-39-37-35-33-31-29-27-25-23-21-19-17-15-13-11-9-7-2/h8-11,14-17,20-23,26-29,32-35,38-41,44-45,47-50,53-56,59-62,65-68,71,73,90H,6-7,12-13,18-19,24-25,30-31,36-37,42-43,46,51-52,57-58,63-64,69-70,72,74-89H2,1-5H3/p+1/b10-8-,11-9-,16-14-,17-15-,22-20-,23-21-,28-26-,29-27-,34-32-,35-33-,40-38-,41-39-,45-44-,49-47-,50-48-,55-53-,56-54-,61-59-,62-60-,67-65-,68-66-,73-71-. The van der Waals surface area contributed by atoms with Gasteiger partial charge in [0.25, 0.3) is 0 Å². The number of carbonyl (C=O) groups excluding carboxylic acids is 2. The van der Waals surface area contributed by atoms with Crippen molar-refractivity contribution in [1.82, 2.24) is 0 Å². The lowest BCUT2D eigenvalue weighted by Crippen LogP contribution is -2.37. The van der Waals surface area contributed by atoms with Gasteiger partial charge >= 0.3 is 19.8 Å². The van der Waals surface area contributed by atoms with Crippen LogP contribution in [0.3, 0.4) is 0 Å². The van der Waals surface area contributed by atoms with E-state index in [1.165, 1.54) is 0 Å². The molecule has 1 N–H and O–H groups in total. The first-order valence-corrected chi connectivity index (χ1v) is 40.6. The second-order valence-corrected chi connectivity index (χ2v) is 27.4. The number of unbranched alkanes of at least 4 members (excludes halogenated alkanes) is 10. The van der Waals surface area contributed by atoms with E-state index in [0.717, 1.165) is 205 Å². The molecule has 2 atom stereocenters. The molecule has 0 aliphatic heterocycles. The van der Waals surface area contributed by atoms with Crippen molar-refractivity contribution in [2.75, 3.05) is 47.5 Å². The van der Waals surface area contributed by atoms with Crippen molar-refractivity contribution in [2.24, 2.45) is 0 Å². The van der Waals surface area contributed by atoms with Crippen molar-refractivity contribution in [3.05, 3.63) is 267 Å². The predicted octanol–water partition coefficient (Wildman–Crippen LogP) is 26.6. The number of phosphoric ester groups is 1. The zero-order valence-corrected chi connectivity index (χ0v) is 65.4. The van der Waals surface area contributed by atoms with Gasteiger partial charge in [-0.2, -0.15) is 0 Å². The van der Waals surface area contributed by atoms with E-state index in [0.29, 0.717) is 23.9 Å². The average molecular weight is 1420 g/mol. The predicted molar refractivity (Wildman–Crippen MR) is 444 cm³/mol. The number of phosphoric acid groups is 1. The summed E-state index contributed by atoms with van der Waals surface area (Å²) < 4.78 is 34.7. The van der Waals surface area contributed by atoms with Crippen LogP contribution in [-0.2, 0) is 32.7 Å². The summed E-state index contributed by atoms with van der Waals surface area (Å²) in [5, 5.41) is 0. The van der Waals surface area contributed by atoms with E-state index in [1.807, 2.05) is 21.1 Å². The van der Waals surface area contributed by atoms with E-state index in [-0.39, 0.29) is 26.1 Å². The Hall–Kier alpha value is -6.71. The van der Waals surface area contributed by atoms with Gasteiger partial charge in [-0.1, -0.05) is 320 Å². The Labute approximate surface area is 624 Å². The molecule has 0 heterocycles. The summed E-state index contributed by atoms with van der Waals surface area (Å²) in [6, 6.07) is 0. The molecule has 0 saturated carbocycles. The van der Waals surface area contributed by atoms with Gasteiger partial charge in [0.2, 0.25) is 0 Å². The lowest BCUT2D eigenvalue weighted by molar-refractivity contribution is -0.870. The molecule has 0 fully saturated rings. The summed E-state index contributed by atoms with van der Waals surface area (Å²) >= 11 is 0. The first-order valence-electron chi connectivity index (χ1n) is 39.1. The Bertz CT molecular complexity index is 2730. The average Bonchev–Trinajstić information content (AvgIpc) is 0.916. The Morgan fingerprint density at radius 3 is 0.784 bits per heavy atom. The summed E-state index contributed by atoms with van der Waals surface area (Å²) in [4.78, 5) is 36.0. The van der Waals surface area contributed by atoms with Crippen LogP contribution in [0.25, 0.3) is 0 Å². The van der Waals surface area contributed by atoms with E-state index in [9.17, 15) is 19.0 Å². The van der Waals surface area contributed by atoms with E-state index >= 15 is 0 Å². The second kappa shape index (κ2) is 78.4. The number of hydrogen-bond donors (Lipinski definition) is 1. The molecule has 0 radical (unpaired) electrons. The molecule has 10 heteroatoms. The molecule has 2 unspecified atom stereocenters. The Kier molecular flexibility index (Phi) is 73.3. The summed E-state index contributed by atoms with van der Waals surface area (Å²) in [6.45, 7) is 4.12. The Morgan fingerprint density at radius 2 is 0.529 bits per heavy atom. The molecule has 0 spiro atoms. The lowest BCUT2D eigenvalue weighted by Gasteiger charge is -2.24. The van der Waals surface area contributed by atoms with Crippen molar-refractivity contribution < 1.29 is 42.1 Å². The molecule has 0 saturated heterocycles. The number of likely N-dealkylation sites (N-methyl/N-ethyl adjacent to an activating group) is 1. The fourth-order valence-corrected chi connectivity index (χ4v) is 10.1. The SMILES string of the molecule is CC/C=C\C/C=C\C/C=C\C/C=C\C/C=C\C/C=C\C/C=C\C/C=C\C/C=C\C/C=C\C/C=C\C/C=C\CCCCCCC(=O)OC(COC(=O)CCCCCCCC/C=C\C/C=C\C/C=C\C/C=C\C/C=C\C/C=C\C/C=C\C/C=C\C/C=C\C/C=C\CC)COP(=O)(O)OCC[N+](C)(C)C. The minimum Gasteiger partial charge on any atom is -0.462 e. The highest BCUT2D eigenvalue weighted by Gasteiger charge is 2.27. The van der Waals surface area contributed by atoms with Crippen molar-refractivity contribution in [3.63, 3.8) is 0 Å². The first-order chi connectivity index (χ1) is 50.0. The van der Waals surface area contributed by atoms with Crippen LogP contribution in [0.1, 0.15) is 245 Å². The largest absolute Gasteiger partial charge is 0.472 e. The number of esters is 2. The minimum atomic E-state index is -4.43. The number of quaternary nitrogens is 1. The van der Waals surface area contributed by atoms with Crippen LogP contribution in [0.2, 0.25) is 0 Å². The molecular weight excluding hydrogens is 1280 g/mol. The van der Waals surface area contributed by atoms with Crippen LogP contribution in [0.5, 0.6) is 0 Å². The van der Waals surface area contributed by atoms with E-state index in [4.69, 9.17) is 18.5 Å². The molecule has 0 rings (SSSR count). The van der Waals surface area contributed by atoms with Crippen molar-refractivity contribution in [3.8, 4) is 0 Å². The monoisotopic (exact) mass is 1420 g/mol. The molecule has 566 valence electrons. The van der Waals surface area contributed by atoms with E-state index in [1.54, 1.807) is 0 Å². The molecule has 0 aliphatic rings. The second-order valence-electron chi connectivity index (χ2n) is 25.9. The molecule has 0 amide bonds. The molecule has 0 aromatic heterocycles. The lowest BCUT2D eigenvalue weighted by atomic mass is 10.1. The summed E-state index contributed by atoms with van der Waals surface area (Å²) in [5.74, 6) is -0.866. The fraction of sp³-hybridized carbons (Fsp3) is 0.500. The molecule has 0 aliphatic carbocycles. The number of nitrogens with zero attached hydrogens (tertiary/aromatic N) is 1. The highest BCUT2D eigenvalue weighted by molar-refractivity contribution is 7.47. The van der Waals surface area contributed by atoms with Gasteiger partial charge in [-0.3, -0.25) is 18.6 Å². The first kappa shape index (κ1) is 95.3. The molecule has 0 bridgehead atoms. The van der Waals surface area contributed by atoms with Crippen molar-refractivity contribution >= 4 is 19.8 Å². The molecule has 9 nitrogen and oxygen atoms in total. The van der Waals surface area contributed by atoms with Gasteiger partial charge in [-0.05, 0) is 180 Å². The van der Waals surface area contributed by atoms with Gasteiger partial charge in [-0.25, -0.2) is 4.57 Å². The molecule has 102 heavy (non-hydrogen) atoms. The highest BCUT2D eigenvalue weighted by Crippen LogP contribution is 2.43. The molecule has 0 aromatic rings. The van der Waals surface area contributed by atoms with Gasteiger partial charge in [0, 0.05) is 12.8 Å². The molecular formula is C92H141NO8P+. The quantitative estimate of drug-likeness (QED) is 0.0211. The van der Waals surface area contributed by atoms with E-state index in [2.05, 4.69) is 281 Å². The van der Waals surface area contributed by atoms with Crippen LogP contribution in [0, 0.1) is 0 Å². The summed E-state index contributed by atoms with van der Waals surface area (Å²) in [6.07, 6.45) is 131. The highest BCUT2D eigenvalue weighted by atomic mass is 31.2. The van der Waals surface area contributed by atoms with Gasteiger partial charge in [0.15, 0.2) is 6.10 Å². The third-order valence-corrected chi connectivity index (χ3v) is 16.2. The van der Waals surface area contributed by atoms with Crippen LogP contribution >= 0.6 is 7.82 Å². The number of hydrogen-bond acceptors (Lipinski definition) is 7. The number of carbonyl (C=O) groups is 2. The number of ether oxygens (including phenoxy) is 2. The van der Waals surface area contributed by atoms with Crippen LogP contribution in [0.4, 0.5) is 0 Å². The van der Waals surface area contributed by atoms with Crippen molar-refractivity contribution in [1.29, 1.82) is 0 Å². The number of rotatable bonds is 68. The number of allylic oxidation sites excluding steroid dienone is 44. The smallest absolute Gasteiger partial charge is 0.462 e. The van der Waals surface area contributed by atoms with Crippen LogP contribution < -0.4 is 0 Å². The van der Waals surface area contributed by atoms with Crippen LogP contribution in [0.15, 0.2) is 267 Å². The maximum atomic E-state index is 12.9. The summed E-state index contributed by atoms with van der Waals surface area (Å²) in [5.41, 5.74) is 0. The van der Waals surface area contributed by atoms with E-state index < -0.39 is 32.5 Å². The Morgan fingerprint density at radius 1 is 0.304 bits per heavy atom. The van der Waals surface area contributed by atoms with Gasteiger partial charge in [0.05, 0.1) is 27.7 Å². The molecule has 0 aromatic carbocycles. The zero-order chi connectivity index (χ0) is 74.0. The summed E-state index contributed by atoms with van der Waals surface area (Å²) in [7, 11) is 1.41. The van der Waals surface area contributed by atoms with Gasteiger partial charge < -0.3 is 18.9 Å².